The summed E-state index contributed by atoms with van der Waals surface area (Å²) in [7, 11) is 0. The Hall–Kier alpha value is -0.730. The fraction of sp³-hybridized carbons (Fsp3) is 0.667. The van der Waals surface area contributed by atoms with Crippen molar-refractivity contribution in [2.24, 2.45) is 11.7 Å². The Balaban J connectivity index is 0.00000220. The topological polar surface area (TPSA) is 35.2 Å². The second-order valence-electron chi connectivity index (χ2n) is 7.48. The Kier molecular flexibility index (Phi) is 6.12. The Morgan fingerprint density at radius 3 is 2.38 bits per heavy atom. The molecule has 1 aromatic rings. The van der Waals surface area contributed by atoms with Gasteiger partial charge in [0.25, 0.3) is 0 Å². The smallest absolute Gasteiger partial charge is 0.125 e. The molecule has 2 N–H and O–H groups in total. The SMILES string of the molecule is Cc1cc(CC(C)N)cc(C(C)(C)C)c1OCC1CC1.Cl. The van der Waals surface area contributed by atoms with Crippen LogP contribution in [0.4, 0.5) is 0 Å². The van der Waals surface area contributed by atoms with Gasteiger partial charge in [0.1, 0.15) is 5.75 Å². The number of hydrogen-bond acceptors (Lipinski definition) is 2. The van der Waals surface area contributed by atoms with Crippen molar-refractivity contribution in [2.45, 2.75) is 65.3 Å². The molecule has 1 aliphatic carbocycles. The third-order valence-electron chi connectivity index (χ3n) is 3.86. The van der Waals surface area contributed by atoms with Gasteiger partial charge in [-0.2, -0.15) is 0 Å². The van der Waals surface area contributed by atoms with Crippen molar-refractivity contribution in [3.05, 3.63) is 28.8 Å². The highest BCUT2D eigenvalue weighted by Crippen LogP contribution is 2.37. The molecule has 0 amide bonds. The first-order chi connectivity index (χ1) is 9.27. The molecule has 0 radical (unpaired) electrons. The van der Waals surface area contributed by atoms with E-state index < -0.39 is 0 Å². The zero-order chi connectivity index (χ0) is 14.9. The minimum atomic E-state index is 0. The summed E-state index contributed by atoms with van der Waals surface area (Å²) in [5, 5.41) is 0. The molecule has 3 heteroatoms. The Bertz CT molecular complexity index is 473. The molecular formula is C18H30ClNO. The average Bonchev–Trinajstić information content (AvgIpc) is 3.08. The van der Waals surface area contributed by atoms with Gasteiger partial charge in [-0.05, 0) is 55.6 Å². The zero-order valence-electron chi connectivity index (χ0n) is 14.0. The lowest BCUT2D eigenvalue weighted by Gasteiger charge is -2.26. The quantitative estimate of drug-likeness (QED) is 0.875. The fourth-order valence-corrected chi connectivity index (χ4v) is 2.57. The number of nitrogens with two attached hydrogens (primary N) is 1. The molecular weight excluding hydrogens is 282 g/mol. The Morgan fingerprint density at radius 2 is 1.90 bits per heavy atom. The molecule has 0 bridgehead atoms. The van der Waals surface area contributed by atoms with E-state index in [0.717, 1.165) is 24.7 Å². The minimum Gasteiger partial charge on any atom is -0.493 e. The van der Waals surface area contributed by atoms with Crippen LogP contribution in [0.1, 0.15) is 57.2 Å². The Morgan fingerprint density at radius 1 is 1.29 bits per heavy atom. The van der Waals surface area contributed by atoms with Gasteiger partial charge in [0.2, 0.25) is 0 Å². The number of hydrogen-bond donors (Lipinski definition) is 1. The van der Waals surface area contributed by atoms with E-state index in [2.05, 4.69) is 46.8 Å². The third kappa shape index (κ3) is 5.19. The fourth-order valence-electron chi connectivity index (χ4n) is 2.57. The number of rotatable bonds is 5. The molecule has 120 valence electrons. The predicted octanol–water partition coefficient (Wildman–Crippen LogP) is 4.39. The number of aryl methyl sites for hydroxylation is 1. The van der Waals surface area contributed by atoms with Crippen molar-refractivity contribution in [1.82, 2.24) is 0 Å². The molecule has 0 aromatic heterocycles. The molecule has 0 heterocycles. The summed E-state index contributed by atoms with van der Waals surface area (Å²) in [5.74, 6) is 1.88. The van der Waals surface area contributed by atoms with Gasteiger partial charge >= 0.3 is 0 Å². The molecule has 0 spiro atoms. The first kappa shape index (κ1) is 18.3. The van der Waals surface area contributed by atoms with Gasteiger partial charge in [-0.25, -0.2) is 0 Å². The molecule has 1 unspecified atom stereocenters. The van der Waals surface area contributed by atoms with Crippen molar-refractivity contribution >= 4 is 12.4 Å². The summed E-state index contributed by atoms with van der Waals surface area (Å²) in [6, 6.07) is 4.72. The van der Waals surface area contributed by atoms with Crippen LogP contribution in [0.25, 0.3) is 0 Å². The lowest BCUT2D eigenvalue weighted by atomic mass is 9.83. The van der Waals surface area contributed by atoms with E-state index in [1.807, 2.05) is 0 Å². The first-order valence-corrected chi connectivity index (χ1v) is 7.79. The van der Waals surface area contributed by atoms with Crippen LogP contribution in [0.2, 0.25) is 0 Å². The predicted molar refractivity (Wildman–Crippen MR) is 92.7 cm³/mol. The van der Waals surface area contributed by atoms with E-state index in [-0.39, 0.29) is 23.9 Å². The average molecular weight is 312 g/mol. The molecule has 1 saturated carbocycles. The summed E-state index contributed by atoms with van der Waals surface area (Å²) in [5.41, 5.74) is 9.92. The summed E-state index contributed by atoms with van der Waals surface area (Å²) in [6.07, 6.45) is 3.58. The summed E-state index contributed by atoms with van der Waals surface area (Å²) in [6.45, 7) is 11.8. The van der Waals surface area contributed by atoms with E-state index in [1.54, 1.807) is 0 Å². The van der Waals surface area contributed by atoms with E-state index in [0.29, 0.717) is 0 Å². The van der Waals surface area contributed by atoms with Crippen LogP contribution in [0, 0.1) is 12.8 Å². The largest absolute Gasteiger partial charge is 0.493 e. The maximum atomic E-state index is 6.15. The van der Waals surface area contributed by atoms with E-state index in [9.17, 15) is 0 Å². The van der Waals surface area contributed by atoms with E-state index in [1.165, 1.54) is 29.5 Å². The summed E-state index contributed by atoms with van der Waals surface area (Å²) < 4.78 is 6.15. The normalized spacial score (nSPS) is 16.3. The maximum Gasteiger partial charge on any atom is 0.125 e. The van der Waals surface area contributed by atoms with Gasteiger partial charge in [0.15, 0.2) is 0 Å². The van der Waals surface area contributed by atoms with Crippen LogP contribution in [0.5, 0.6) is 5.75 Å². The minimum absolute atomic E-state index is 0. The number of benzene rings is 1. The van der Waals surface area contributed by atoms with Gasteiger partial charge in [-0.3, -0.25) is 0 Å². The molecule has 21 heavy (non-hydrogen) atoms. The highest BCUT2D eigenvalue weighted by Gasteiger charge is 2.25. The summed E-state index contributed by atoms with van der Waals surface area (Å²) in [4.78, 5) is 0. The monoisotopic (exact) mass is 311 g/mol. The zero-order valence-corrected chi connectivity index (χ0v) is 14.8. The van der Waals surface area contributed by atoms with Crippen molar-refractivity contribution in [1.29, 1.82) is 0 Å². The Labute approximate surface area is 135 Å². The van der Waals surface area contributed by atoms with Gasteiger partial charge in [-0.1, -0.05) is 32.9 Å². The van der Waals surface area contributed by atoms with Crippen LogP contribution in [-0.2, 0) is 11.8 Å². The molecule has 2 nitrogen and oxygen atoms in total. The third-order valence-corrected chi connectivity index (χ3v) is 3.86. The second kappa shape index (κ2) is 7.02. The van der Waals surface area contributed by atoms with Crippen molar-refractivity contribution in [3.8, 4) is 5.75 Å². The van der Waals surface area contributed by atoms with Crippen LogP contribution in [0.3, 0.4) is 0 Å². The second-order valence-corrected chi connectivity index (χ2v) is 7.48. The number of ether oxygens (including phenoxy) is 1. The van der Waals surface area contributed by atoms with Gasteiger partial charge < -0.3 is 10.5 Å². The van der Waals surface area contributed by atoms with Crippen molar-refractivity contribution < 1.29 is 4.74 Å². The van der Waals surface area contributed by atoms with E-state index >= 15 is 0 Å². The van der Waals surface area contributed by atoms with Gasteiger partial charge in [0, 0.05) is 11.6 Å². The van der Waals surface area contributed by atoms with Gasteiger partial charge in [-0.15, -0.1) is 12.4 Å². The molecule has 1 fully saturated rings. The highest BCUT2D eigenvalue weighted by atomic mass is 35.5. The molecule has 2 rings (SSSR count). The van der Waals surface area contributed by atoms with Crippen molar-refractivity contribution in [3.63, 3.8) is 0 Å². The summed E-state index contributed by atoms with van der Waals surface area (Å²) >= 11 is 0. The maximum absolute atomic E-state index is 6.15. The number of halogens is 1. The standard InChI is InChI=1S/C18H29NO.ClH/c1-12-8-15(9-13(2)19)10-16(18(3,4)5)17(12)20-11-14-6-7-14;/h8,10,13-14H,6-7,9,11,19H2,1-5H3;1H. The highest BCUT2D eigenvalue weighted by molar-refractivity contribution is 5.85. The molecule has 1 aromatic carbocycles. The molecule has 1 atom stereocenters. The lowest BCUT2D eigenvalue weighted by molar-refractivity contribution is 0.290. The first-order valence-electron chi connectivity index (χ1n) is 7.79. The lowest BCUT2D eigenvalue weighted by Crippen LogP contribution is -2.20. The molecule has 0 saturated heterocycles. The van der Waals surface area contributed by atoms with Crippen LogP contribution < -0.4 is 10.5 Å². The molecule has 1 aliphatic rings. The van der Waals surface area contributed by atoms with Crippen LogP contribution in [0.15, 0.2) is 12.1 Å². The van der Waals surface area contributed by atoms with Crippen LogP contribution >= 0.6 is 12.4 Å². The van der Waals surface area contributed by atoms with Crippen molar-refractivity contribution in [2.75, 3.05) is 6.61 Å². The van der Waals surface area contributed by atoms with E-state index in [4.69, 9.17) is 10.5 Å². The van der Waals surface area contributed by atoms with Gasteiger partial charge in [0.05, 0.1) is 6.61 Å². The molecule has 0 aliphatic heterocycles. The van der Waals surface area contributed by atoms with Crippen LogP contribution in [-0.4, -0.2) is 12.6 Å².